The van der Waals surface area contributed by atoms with Crippen molar-refractivity contribution in [1.29, 1.82) is 0 Å². The number of benzene rings is 2. The second-order valence-electron chi connectivity index (χ2n) is 4.77. The van der Waals surface area contributed by atoms with Crippen LogP contribution in [0, 0.1) is 0 Å². The van der Waals surface area contributed by atoms with E-state index in [1.165, 1.54) is 6.07 Å². The number of amides is 1. The van der Waals surface area contributed by atoms with Crippen LogP contribution in [0.3, 0.4) is 0 Å². The van der Waals surface area contributed by atoms with E-state index in [-0.39, 0.29) is 12.5 Å². The molecule has 0 radical (unpaired) electrons. The van der Waals surface area contributed by atoms with Crippen molar-refractivity contribution < 1.29 is 19.1 Å². The molecule has 24 heavy (non-hydrogen) atoms. The summed E-state index contributed by atoms with van der Waals surface area (Å²) in [6.45, 7) is 1.44. The molecule has 126 valence electrons. The van der Waals surface area contributed by atoms with Crippen LogP contribution < -0.4 is 14.8 Å². The zero-order chi connectivity index (χ0) is 17.5. The molecule has 2 aromatic carbocycles. The van der Waals surface area contributed by atoms with Crippen molar-refractivity contribution in [2.75, 3.05) is 11.9 Å². The number of ether oxygens (including phenoxy) is 2. The summed E-state index contributed by atoms with van der Waals surface area (Å²) in [6, 6.07) is 11.2. The van der Waals surface area contributed by atoms with Gasteiger partial charge in [0.2, 0.25) is 5.91 Å². The van der Waals surface area contributed by atoms with Gasteiger partial charge in [0.15, 0.2) is 6.61 Å². The quantitative estimate of drug-likeness (QED) is 0.609. The molecule has 5 nitrogen and oxygen atoms in total. The predicted molar refractivity (Wildman–Crippen MR) is 93.0 cm³/mol. The summed E-state index contributed by atoms with van der Waals surface area (Å²) < 4.78 is 10.5. The van der Waals surface area contributed by atoms with Gasteiger partial charge in [-0.05, 0) is 30.3 Å². The maximum atomic E-state index is 11.8. The number of carbonyl (C=O) groups excluding carboxylic acids is 2. The third kappa shape index (κ3) is 5.44. The number of halogens is 2. The number of esters is 1. The minimum Gasteiger partial charge on any atom is -0.480 e. The molecule has 0 atom stereocenters. The van der Waals surface area contributed by atoms with Crippen LogP contribution in [0.15, 0.2) is 42.5 Å². The first-order valence-electron chi connectivity index (χ1n) is 7.16. The van der Waals surface area contributed by atoms with E-state index in [0.29, 0.717) is 33.7 Å². The van der Waals surface area contributed by atoms with Crippen molar-refractivity contribution in [1.82, 2.24) is 0 Å². The van der Waals surface area contributed by atoms with Gasteiger partial charge in [0, 0.05) is 23.2 Å². The minimum atomic E-state index is -0.597. The van der Waals surface area contributed by atoms with Crippen LogP contribution in [0.1, 0.15) is 13.3 Å². The Hall–Kier alpha value is -2.24. The second kappa shape index (κ2) is 8.57. The van der Waals surface area contributed by atoms with Gasteiger partial charge in [-0.15, -0.1) is 0 Å². The van der Waals surface area contributed by atoms with Crippen LogP contribution in [-0.2, 0) is 9.59 Å². The van der Waals surface area contributed by atoms with Gasteiger partial charge >= 0.3 is 5.97 Å². The standard InChI is InChI=1S/C17H15Cl2NO4/c1-2-16(21)20-12-4-3-5-13(9-12)24-17(22)10-23-15-7-6-11(18)8-14(15)19/h3-9H,2,10H2,1H3,(H,20,21). The highest BCUT2D eigenvalue weighted by Gasteiger charge is 2.09. The number of hydrogen-bond acceptors (Lipinski definition) is 4. The van der Waals surface area contributed by atoms with Gasteiger partial charge in [0.25, 0.3) is 0 Å². The van der Waals surface area contributed by atoms with E-state index in [1.807, 2.05) is 0 Å². The predicted octanol–water partition coefficient (Wildman–Crippen LogP) is 4.33. The number of nitrogens with one attached hydrogen (secondary N) is 1. The van der Waals surface area contributed by atoms with E-state index in [2.05, 4.69) is 5.32 Å². The number of anilines is 1. The van der Waals surface area contributed by atoms with Crippen molar-refractivity contribution >= 4 is 40.8 Å². The van der Waals surface area contributed by atoms with Crippen molar-refractivity contribution in [3.8, 4) is 11.5 Å². The van der Waals surface area contributed by atoms with Gasteiger partial charge in [-0.1, -0.05) is 36.2 Å². The van der Waals surface area contributed by atoms with Crippen molar-refractivity contribution in [3.05, 3.63) is 52.5 Å². The highest BCUT2D eigenvalue weighted by Crippen LogP contribution is 2.27. The SMILES string of the molecule is CCC(=O)Nc1cccc(OC(=O)COc2ccc(Cl)cc2Cl)c1. The lowest BCUT2D eigenvalue weighted by molar-refractivity contribution is -0.136. The summed E-state index contributed by atoms with van der Waals surface area (Å²) in [7, 11) is 0. The monoisotopic (exact) mass is 367 g/mol. The molecule has 0 heterocycles. The molecule has 2 rings (SSSR count). The molecule has 0 aliphatic heterocycles. The van der Waals surface area contributed by atoms with E-state index in [1.54, 1.807) is 43.3 Å². The largest absolute Gasteiger partial charge is 0.480 e. The zero-order valence-electron chi connectivity index (χ0n) is 12.8. The highest BCUT2D eigenvalue weighted by atomic mass is 35.5. The third-order valence-electron chi connectivity index (χ3n) is 2.91. The molecule has 0 saturated heterocycles. The maximum absolute atomic E-state index is 11.8. The Morgan fingerprint density at radius 1 is 1.12 bits per heavy atom. The molecule has 7 heteroatoms. The maximum Gasteiger partial charge on any atom is 0.349 e. The molecule has 2 aromatic rings. The van der Waals surface area contributed by atoms with E-state index in [0.717, 1.165) is 0 Å². The normalized spacial score (nSPS) is 10.1. The molecule has 0 fully saturated rings. The molecule has 0 aromatic heterocycles. The van der Waals surface area contributed by atoms with Gasteiger partial charge < -0.3 is 14.8 Å². The summed E-state index contributed by atoms with van der Waals surface area (Å²) in [4.78, 5) is 23.2. The zero-order valence-corrected chi connectivity index (χ0v) is 14.4. The molecule has 0 spiro atoms. The Morgan fingerprint density at radius 3 is 2.62 bits per heavy atom. The molecule has 0 unspecified atom stereocenters. The minimum absolute atomic E-state index is 0.126. The summed E-state index contributed by atoms with van der Waals surface area (Å²) >= 11 is 11.7. The van der Waals surface area contributed by atoms with Crippen LogP contribution in [0.2, 0.25) is 10.0 Å². The molecule has 0 aliphatic carbocycles. The first-order chi connectivity index (χ1) is 11.5. The van der Waals surface area contributed by atoms with Gasteiger partial charge in [0.1, 0.15) is 11.5 Å². The lowest BCUT2D eigenvalue weighted by Gasteiger charge is -2.09. The van der Waals surface area contributed by atoms with Gasteiger partial charge in [-0.3, -0.25) is 4.79 Å². The molecule has 0 bridgehead atoms. The average molecular weight is 368 g/mol. The Kier molecular flexibility index (Phi) is 6.46. The molecule has 1 N–H and O–H groups in total. The Balaban J connectivity index is 1.92. The van der Waals surface area contributed by atoms with Crippen molar-refractivity contribution in [2.45, 2.75) is 13.3 Å². The molecule has 0 aliphatic rings. The van der Waals surface area contributed by atoms with Gasteiger partial charge in [-0.2, -0.15) is 0 Å². The second-order valence-corrected chi connectivity index (χ2v) is 5.61. The van der Waals surface area contributed by atoms with Crippen LogP contribution >= 0.6 is 23.2 Å². The molecular weight excluding hydrogens is 353 g/mol. The molecule has 1 amide bonds. The lowest BCUT2D eigenvalue weighted by Crippen LogP contribution is -2.18. The first kappa shape index (κ1) is 18.1. The molecule has 0 saturated carbocycles. The highest BCUT2D eigenvalue weighted by molar-refractivity contribution is 6.35. The summed E-state index contributed by atoms with van der Waals surface area (Å²) in [6.07, 6.45) is 0.361. The fourth-order valence-corrected chi connectivity index (χ4v) is 2.24. The average Bonchev–Trinajstić information content (AvgIpc) is 2.54. The first-order valence-corrected chi connectivity index (χ1v) is 7.92. The van der Waals surface area contributed by atoms with Crippen LogP contribution in [0.4, 0.5) is 5.69 Å². The topological polar surface area (TPSA) is 64.6 Å². The number of carbonyl (C=O) groups is 2. The van der Waals surface area contributed by atoms with Gasteiger partial charge in [0.05, 0.1) is 5.02 Å². The Bertz CT molecular complexity index is 749. The Labute approximate surface area is 149 Å². The van der Waals surface area contributed by atoms with Crippen molar-refractivity contribution in [2.24, 2.45) is 0 Å². The van der Waals surface area contributed by atoms with Gasteiger partial charge in [-0.25, -0.2) is 4.79 Å². The number of hydrogen-bond donors (Lipinski definition) is 1. The smallest absolute Gasteiger partial charge is 0.349 e. The van der Waals surface area contributed by atoms with Crippen molar-refractivity contribution in [3.63, 3.8) is 0 Å². The fourth-order valence-electron chi connectivity index (χ4n) is 1.78. The lowest BCUT2D eigenvalue weighted by atomic mass is 10.3. The van der Waals surface area contributed by atoms with Crippen LogP contribution in [0.5, 0.6) is 11.5 Å². The third-order valence-corrected chi connectivity index (χ3v) is 3.44. The van der Waals surface area contributed by atoms with E-state index in [4.69, 9.17) is 32.7 Å². The number of rotatable bonds is 6. The van der Waals surface area contributed by atoms with E-state index < -0.39 is 5.97 Å². The summed E-state index contributed by atoms with van der Waals surface area (Å²) in [5.41, 5.74) is 0.550. The fraction of sp³-hybridized carbons (Fsp3) is 0.176. The summed E-state index contributed by atoms with van der Waals surface area (Å²) in [5.74, 6) is -0.0825. The molecular formula is C17H15Cl2NO4. The summed E-state index contributed by atoms with van der Waals surface area (Å²) in [5, 5.41) is 3.46. The van der Waals surface area contributed by atoms with Crippen LogP contribution in [-0.4, -0.2) is 18.5 Å². The van der Waals surface area contributed by atoms with E-state index in [9.17, 15) is 9.59 Å². The Morgan fingerprint density at radius 2 is 1.92 bits per heavy atom. The van der Waals surface area contributed by atoms with Crippen LogP contribution in [0.25, 0.3) is 0 Å². The van der Waals surface area contributed by atoms with E-state index >= 15 is 0 Å².